The van der Waals surface area contributed by atoms with Crippen molar-refractivity contribution in [2.75, 3.05) is 40.6 Å². The van der Waals surface area contributed by atoms with E-state index in [1.807, 2.05) is 30.3 Å². The number of aliphatic hydroxyl groups is 2. The number of nitrogens with zero attached hydrogens (tertiary/aromatic N) is 1. The summed E-state index contributed by atoms with van der Waals surface area (Å²) >= 11 is 0. The number of aryl methyl sites for hydroxylation is 1. The molecule has 0 saturated carbocycles. The first kappa shape index (κ1) is 22.6. The van der Waals surface area contributed by atoms with Crippen molar-refractivity contribution in [2.24, 2.45) is 0 Å². The highest BCUT2D eigenvalue weighted by Gasteiger charge is 2.41. The van der Waals surface area contributed by atoms with Crippen molar-refractivity contribution in [3.63, 3.8) is 0 Å². The van der Waals surface area contributed by atoms with Gasteiger partial charge in [0.15, 0.2) is 11.5 Å². The first-order chi connectivity index (χ1) is 15.4. The number of quaternary nitrogens is 1. The number of aliphatic hydroxyl groups excluding tert-OH is 2. The van der Waals surface area contributed by atoms with Crippen LogP contribution in [0.4, 0.5) is 0 Å². The van der Waals surface area contributed by atoms with E-state index < -0.39 is 0 Å². The zero-order valence-electron chi connectivity index (χ0n) is 18.8. The number of rotatable bonds is 9. The van der Waals surface area contributed by atoms with Gasteiger partial charge in [0.2, 0.25) is 6.79 Å². The summed E-state index contributed by atoms with van der Waals surface area (Å²) in [7, 11) is 4.30. The number of Topliss-reactive ketones (excluding diaryl/α,β-unsaturated/α-hetero) is 1. The number of benzene rings is 2. The van der Waals surface area contributed by atoms with E-state index in [2.05, 4.69) is 14.1 Å². The van der Waals surface area contributed by atoms with Crippen molar-refractivity contribution in [3.8, 4) is 17.2 Å². The lowest BCUT2D eigenvalue weighted by atomic mass is 9.83. The number of carbonyl (C=O) groups excluding carboxylic acids is 1. The van der Waals surface area contributed by atoms with Gasteiger partial charge >= 0.3 is 0 Å². The summed E-state index contributed by atoms with van der Waals surface area (Å²) < 4.78 is 17.3. The van der Waals surface area contributed by atoms with Crippen molar-refractivity contribution in [1.29, 1.82) is 0 Å². The number of likely N-dealkylation sites (N-methyl/N-ethyl adjacent to an activating group) is 1. The molecule has 0 bridgehead atoms. The van der Waals surface area contributed by atoms with Crippen LogP contribution in [-0.2, 0) is 24.2 Å². The Morgan fingerprint density at radius 3 is 2.69 bits per heavy atom. The van der Waals surface area contributed by atoms with Gasteiger partial charge in [0.1, 0.15) is 24.2 Å². The zero-order chi connectivity index (χ0) is 22.7. The standard InChI is InChI=1S/C25H32NO6/c1-26(2)10-9-18-13-23-25(32-16-31-23)21(15-28)24(18)22(26)14-19(29)6-3-17-4-7-20(8-5-17)30-12-11-27/h4-5,7-8,13,22,27-28H,3,6,9-12,14-16H2,1-2H3/q+1. The lowest BCUT2D eigenvalue weighted by Crippen LogP contribution is -2.49. The Morgan fingerprint density at radius 1 is 1.19 bits per heavy atom. The Bertz CT molecular complexity index is 969. The molecule has 0 aliphatic carbocycles. The average molecular weight is 443 g/mol. The average Bonchev–Trinajstić information content (AvgIpc) is 3.26. The summed E-state index contributed by atoms with van der Waals surface area (Å²) in [6, 6.07) is 9.64. The predicted molar refractivity (Wildman–Crippen MR) is 119 cm³/mol. The van der Waals surface area contributed by atoms with Gasteiger partial charge in [0.25, 0.3) is 0 Å². The summed E-state index contributed by atoms with van der Waals surface area (Å²) in [5.74, 6) is 2.23. The maximum atomic E-state index is 13.0. The molecule has 0 fully saturated rings. The van der Waals surface area contributed by atoms with Crippen molar-refractivity contribution >= 4 is 5.78 Å². The van der Waals surface area contributed by atoms with Gasteiger partial charge in [-0.3, -0.25) is 4.79 Å². The first-order valence-corrected chi connectivity index (χ1v) is 11.1. The predicted octanol–water partition coefficient (Wildman–Crippen LogP) is 2.54. The van der Waals surface area contributed by atoms with E-state index in [9.17, 15) is 9.90 Å². The summed E-state index contributed by atoms with van der Waals surface area (Å²) in [5.41, 5.74) is 4.03. The van der Waals surface area contributed by atoms with Crippen molar-refractivity contribution in [2.45, 2.75) is 38.3 Å². The lowest BCUT2D eigenvalue weighted by Gasteiger charge is -2.43. The van der Waals surface area contributed by atoms with Crippen LogP contribution < -0.4 is 14.2 Å². The van der Waals surface area contributed by atoms with Gasteiger partial charge in [-0.05, 0) is 35.7 Å². The molecule has 4 rings (SSSR count). The Balaban J connectivity index is 1.48. The first-order valence-electron chi connectivity index (χ1n) is 11.1. The van der Waals surface area contributed by atoms with Crippen molar-refractivity contribution < 1.29 is 33.7 Å². The third-order valence-corrected chi connectivity index (χ3v) is 6.58. The van der Waals surface area contributed by atoms with Crippen LogP contribution in [0, 0.1) is 0 Å². The molecule has 0 radical (unpaired) electrons. The van der Waals surface area contributed by atoms with E-state index >= 15 is 0 Å². The van der Waals surface area contributed by atoms with E-state index in [-0.39, 0.29) is 38.4 Å². The topological polar surface area (TPSA) is 85.2 Å². The molecule has 2 aromatic carbocycles. The van der Waals surface area contributed by atoms with Crippen LogP contribution >= 0.6 is 0 Å². The Morgan fingerprint density at radius 2 is 1.97 bits per heavy atom. The Hall–Kier alpha value is -2.61. The minimum absolute atomic E-state index is 0.0185. The van der Waals surface area contributed by atoms with E-state index in [1.165, 1.54) is 0 Å². The lowest BCUT2D eigenvalue weighted by molar-refractivity contribution is -0.922. The maximum absolute atomic E-state index is 13.0. The normalized spacial score (nSPS) is 18.3. The maximum Gasteiger partial charge on any atom is 0.231 e. The zero-order valence-corrected chi connectivity index (χ0v) is 18.8. The molecule has 2 aliphatic heterocycles. The minimum atomic E-state index is -0.135. The number of fused-ring (bicyclic) bond motifs is 2. The molecule has 0 aromatic heterocycles. The van der Waals surface area contributed by atoms with Crippen LogP contribution in [0.5, 0.6) is 17.2 Å². The molecule has 7 nitrogen and oxygen atoms in total. The summed E-state index contributed by atoms with van der Waals surface area (Å²) in [6.45, 7) is 1.20. The fourth-order valence-electron chi connectivity index (χ4n) is 4.74. The third kappa shape index (κ3) is 4.60. The highest BCUT2D eigenvalue weighted by atomic mass is 16.7. The van der Waals surface area contributed by atoms with Crippen molar-refractivity contribution in [3.05, 3.63) is 52.6 Å². The van der Waals surface area contributed by atoms with Crippen LogP contribution in [0.15, 0.2) is 30.3 Å². The van der Waals surface area contributed by atoms with Gasteiger partial charge in [0.05, 0.1) is 40.3 Å². The molecular formula is C25H32NO6+. The Labute approximate surface area is 188 Å². The van der Waals surface area contributed by atoms with Crippen LogP contribution in [0.3, 0.4) is 0 Å². The molecule has 0 amide bonds. The molecule has 172 valence electrons. The fourth-order valence-corrected chi connectivity index (χ4v) is 4.74. The van der Waals surface area contributed by atoms with Crippen LogP contribution in [0.25, 0.3) is 0 Å². The van der Waals surface area contributed by atoms with Gasteiger partial charge in [-0.15, -0.1) is 0 Å². The summed E-state index contributed by atoms with van der Waals surface area (Å²) in [6.07, 6.45) is 2.42. The summed E-state index contributed by atoms with van der Waals surface area (Å²) in [4.78, 5) is 13.0. The number of hydrogen-bond donors (Lipinski definition) is 2. The van der Waals surface area contributed by atoms with Gasteiger partial charge < -0.3 is 28.9 Å². The van der Waals surface area contributed by atoms with Crippen LogP contribution in [-0.4, -0.2) is 61.1 Å². The van der Waals surface area contributed by atoms with Crippen molar-refractivity contribution in [1.82, 2.24) is 0 Å². The van der Waals surface area contributed by atoms with Crippen LogP contribution in [0.1, 0.15) is 41.1 Å². The van der Waals surface area contributed by atoms with E-state index in [0.29, 0.717) is 41.0 Å². The fraction of sp³-hybridized carbons (Fsp3) is 0.480. The second-order valence-electron chi connectivity index (χ2n) is 9.05. The smallest absolute Gasteiger partial charge is 0.231 e. The third-order valence-electron chi connectivity index (χ3n) is 6.58. The monoisotopic (exact) mass is 442 g/mol. The molecule has 1 unspecified atom stereocenters. The molecule has 2 N–H and O–H groups in total. The highest BCUT2D eigenvalue weighted by molar-refractivity contribution is 5.79. The quantitative estimate of drug-likeness (QED) is 0.581. The molecule has 32 heavy (non-hydrogen) atoms. The van der Waals surface area contributed by atoms with Gasteiger partial charge in [0, 0.05) is 24.0 Å². The highest BCUT2D eigenvalue weighted by Crippen LogP contribution is 2.47. The van der Waals surface area contributed by atoms with E-state index in [0.717, 1.165) is 35.2 Å². The van der Waals surface area contributed by atoms with E-state index in [4.69, 9.17) is 19.3 Å². The van der Waals surface area contributed by atoms with E-state index in [1.54, 1.807) is 0 Å². The molecule has 2 heterocycles. The van der Waals surface area contributed by atoms with Gasteiger partial charge in [-0.1, -0.05) is 12.1 Å². The second kappa shape index (κ2) is 9.48. The largest absolute Gasteiger partial charge is 0.491 e. The minimum Gasteiger partial charge on any atom is -0.491 e. The number of carbonyl (C=O) groups is 1. The Kier molecular flexibility index (Phi) is 6.69. The molecular weight excluding hydrogens is 410 g/mol. The number of ketones is 1. The molecule has 2 aliphatic rings. The number of ether oxygens (including phenoxy) is 3. The molecule has 7 heteroatoms. The van der Waals surface area contributed by atoms with Crippen LogP contribution in [0.2, 0.25) is 0 Å². The van der Waals surface area contributed by atoms with Gasteiger partial charge in [-0.2, -0.15) is 0 Å². The SMILES string of the molecule is C[N+]1(C)CCc2cc3c(c(CO)c2C1CC(=O)CCc1ccc(OCCO)cc1)OCO3. The molecule has 2 aromatic rings. The van der Waals surface area contributed by atoms with Gasteiger partial charge in [-0.25, -0.2) is 0 Å². The second-order valence-corrected chi connectivity index (χ2v) is 9.05. The summed E-state index contributed by atoms with van der Waals surface area (Å²) in [5, 5.41) is 19.0. The number of hydrogen-bond acceptors (Lipinski definition) is 6. The molecule has 1 atom stereocenters. The molecule has 0 spiro atoms. The molecule has 0 saturated heterocycles.